The van der Waals surface area contributed by atoms with E-state index in [0.717, 1.165) is 12.8 Å². The number of H-pyrrole nitrogens is 1. The van der Waals surface area contributed by atoms with E-state index in [0.29, 0.717) is 50.2 Å². The molecule has 178 valence electrons. The number of hydrogen-bond acceptors (Lipinski definition) is 7. The lowest BCUT2D eigenvalue weighted by Crippen LogP contribution is -2.50. The van der Waals surface area contributed by atoms with Gasteiger partial charge in [0, 0.05) is 38.5 Å². The molecular weight excluding hydrogens is 451 g/mol. The Hall–Kier alpha value is -2.70. The van der Waals surface area contributed by atoms with Crippen LogP contribution in [0, 0.1) is 5.82 Å². The smallest absolute Gasteiger partial charge is 0.344 e. The van der Waals surface area contributed by atoms with Crippen molar-refractivity contribution in [3.63, 3.8) is 0 Å². The van der Waals surface area contributed by atoms with Gasteiger partial charge >= 0.3 is 5.69 Å². The topological polar surface area (TPSA) is 113 Å². The summed E-state index contributed by atoms with van der Waals surface area (Å²) in [5.41, 5.74) is 0.247. The summed E-state index contributed by atoms with van der Waals surface area (Å²) in [7, 11) is 0. The third kappa shape index (κ3) is 6.42. The van der Waals surface area contributed by atoms with Crippen molar-refractivity contribution in [2.75, 3.05) is 50.4 Å². The zero-order valence-electron chi connectivity index (χ0n) is 18.2. The number of ether oxygens (including phenoxy) is 1. The second-order valence-corrected chi connectivity index (χ2v) is 9.00. The molecule has 1 atom stereocenters. The third-order valence-corrected chi connectivity index (χ3v) is 6.64. The predicted molar refractivity (Wildman–Crippen MR) is 121 cm³/mol. The van der Waals surface area contributed by atoms with Gasteiger partial charge in [0.2, 0.25) is 11.8 Å². The Morgan fingerprint density at radius 1 is 1.21 bits per heavy atom. The van der Waals surface area contributed by atoms with Crippen LogP contribution in [0.2, 0.25) is 0 Å². The average molecular weight is 479 g/mol. The molecule has 10 nitrogen and oxygen atoms in total. The highest BCUT2D eigenvalue weighted by Gasteiger charge is 2.24. The third-order valence-electron chi connectivity index (χ3n) is 5.68. The maximum absolute atomic E-state index is 13.0. The molecule has 0 bridgehead atoms. The molecule has 12 heteroatoms. The van der Waals surface area contributed by atoms with E-state index >= 15 is 0 Å². The Morgan fingerprint density at radius 2 is 1.97 bits per heavy atom. The Kier molecular flexibility index (Phi) is 7.78. The van der Waals surface area contributed by atoms with Gasteiger partial charge in [0.25, 0.3) is 0 Å². The van der Waals surface area contributed by atoms with Crippen LogP contribution in [-0.2, 0) is 20.9 Å². The summed E-state index contributed by atoms with van der Waals surface area (Å²) in [6.45, 7) is 3.55. The lowest BCUT2D eigenvalue weighted by Gasteiger charge is -2.34. The molecule has 2 aromatic rings. The van der Waals surface area contributed by atoms with Crippen LogP contribution in [0.25, 0.3) is 0 Å². The molecule has 0 saturated carbocycles. The van der Waals surface area contributed by atoms with Crippen LogP contribution >= 0.6 is 11.8 Å². The normalized spacial score (nSPS) is 19.1. The minimum atomic E-state index is -0.356. The fraction of sp³-hybridized carbons (Fsp3) is 0.524. The van der Waals surface area contributed by atoms with Crippen LogP contribution in [-0.4, -0.2) is 87.6 Å². The van der Waals surface area contributed by atoms with Gasteiger partial charge in [-0.05, 0) is 37.1 Å². The SMILES string of the molecule is O=C(CN1CCN(C(=O)CSc2n[nH]c(=O)n2CC2CCCO2)CC1)Nc1ccc(F)cc1. The average Bonchev–Trinajstić information content (AvgIpc) is 3.45. The minimum Gasteiger partial charge on any atom is -0.376 e. The summed E-state index contributed by atoms with van der Waals surface area (Å²) in [6.07, 6.45) is 1.90. The van der Waals surface area contributed by atoms with Crippen molar-refractivity contribution in [2.24, 2.45) is 0 Å². The number of halogens is 1. The van der Waals surface area contributed by atoms with Gasteiger partial charge in [-0.2, -0.15) is 0 Å². The Labute approximate surface area is 194 Å². The van der Waals surface area contributed by atoms with Gasteiger partial charge in [-0.15, -0.1) is 5.10 Å². The maximum atomic E-state index is 13.0. The van der Waals surface area contributed by atoms with Crippen LogP contribution in [0.3, 0.4) is 0 Å². The van der Waals surface area contributed by atoms with Crippen molar-refractivity contribution in [1.29, 1.82) is 0 Å². The molecule has 1 aromatic heterocycles. The number of nitrogens with zero attached hydrogens (tertiary/aromatic N) is 4. The Bertz CT molecular complexity index is 1010. The molecule has 2 aliphatic heterocycles. The van der Waals surface area contributed by atoms with Gasteiger partial charge in [-0.3, -0.25) is 19.1 Å². The highest BCUT2D eigenvalue weighted by atomic mass is 32.2. The molecule has 2 aliphatic rings. The number of piperazine rings is 1. The van der Waals surface area contributed by atoms with E-state index < -0.39 is 0 Å². The first-order valence-corrected chi connectivity index (χ1v) is 11.9. The summed E-state index contributed by atoms with van der Waals surface area (Å²) in [6, 6.07) is 5.62. The van der Waals surface area contributed by atoms with Crippen molar-refractivity contribution in [2.45, 2.75) is 30.6 Å². The number of thioether (sulfide) groups is 1. The van der Waals surface area contributed by atoms with Gasteiger partial charge in [0.15, 0.2) is 5.16 Å². The van der Waals surface area contributed by atoms with Crippen LogP contribution in [0.5, 0.6) is 0 Å². The first kappa shape index (κ1) is 23.5. The monoisotopic (exact) mass is 478 g/mol. The number of aromatic amines is 1. The van der Waals surface area contributed by atoms with Gasteiger partial charge in [0.1, 0.15) is 5.82 Å². The largest absolute Gasteiger partial charge is 0.376 e. The van der Waals surface area contributed by atoms with Crippen molar-refractivity contribution in [3.8, 4) is 0 Å². The first-order chi connectivity index (χ1) is 16.0. The van der Waals surface area contributed by atoms with E-state index in [1.807, 2.05) is 4.90 Å². The zero-order chi connectivity index (χ0) is 23.2. The minimum absolute atomic E-state index is 0.00341. The number of carbonyl (C=O) groups is 2. The molecule has 3 heterocycles. The summed E-state index contributed by atoms with van der Waals surface area (Å²) in [5.74, 6) is -0.388. The maximum Gasteiger partial charge on any atom is 0.344 e. The molecule has 0 spiro atoms. The quantitative estimate of drug-likeness (QED) is 0.539. The van der Waals surface area contributed by atoms with Gasteiger partial charge < -0.3 is 15.0 Å². The van der Waals surface area contributed by atoms with Gasteiger partial charge in [-0.1, -0.05) is 11.8 Å². The number of anilines is 1. The molecule has 2 saturated heterocycles. The van der Waals surface area contributed by atoms with E-state index in [4.69, 9.17) is 4.74 Å². The molecule has 1 unspecified atom stereocenters. The predicted octanol–water partition coefficient (Wildman–Crippen LogP) is 0.765. The number of hydrogen-bond donors (Lipinski definition) is 2. The van der Waals surface area contributed by atoms with Crippen LogP contribution in [0.15, 0.2) is 34.2 Å². The van der Waals surface area contributed by atoms with Crippen LogP contribution in [0.1, 0.15) is 12.8 Å². The number of carbonyl (C=O) groups excluding carboxylic acids is 2. The molecule has 33 heavy (non-hydrogen) atoms. The molecule has 2 N–H and O–H groups in total. The number of nitrogens with one attached hydrogen (secondary N) is 2. The van der Waals surface area contributed by atoms with Crippen molar-refractivity contribution in [1.82, 2.24) is 24.6 Å². The number of rotatable bonds is 8. The molecule has 2 fully saturated rings. The summed E-state index contributed by atoms with van der Waals surface area (Å²) in [5, 5.41) is 9.73. The summed E-state index contributed by atoms with van der Waals surface area (Å²) in [4.78, 5) is 40.7. The highest BCUT2D eigenvalue weighted by molar-refractivity contribution is 7.99. The Morgan fingerprint density at radius 3 is 2.67 bits per heavy atom. The highest BCUT2D eigenvalue weighted by Crippen LogP contribution is 2.19. The Balaban J connectivity index is 1.20. The fourth-order valence-electron chi connectivity index (χ4n) is 3.88. The second-order valence-electron chi connectivity index (χ2n) is 8.06. The number of benzene rings is 1. The number of amides is 2. The molecule has 0 radical (unpaired) electrons. The van der Waals surface area contributed by atoms with Crippen LogP contribution in [0.4, 0.5) is 10.1 Å². The zero-order valence-corrected chi connectivity index (χ0v) is 19.0. The van der Waals surface area contributed by atoms with E-state index in [1.165, 1.54) is 40.6 Å². The summed E-state index contributed by atoms with van der Waals surface area (Å²) < 4.78 is 20.1. The molecule has 1 aromatic carbocycles. The van der Waals surface area contributed by atoms with Gasteiger partial charge in [0.05, 0.1) is 24.9 Å². The van der Waals surface area contributed by atoms with E-state index in [-0.39, 0.29) is 41.7 Å². The molecule has 0 aliphatic carbocycles. The van der Waals surface area contributed by atoms with Crippen LogP contribution < -0.4 is 11.0 Å². The molecular formula is C21H27FN6O4S. The van der Waals surface area contributed by atoms with Crippen molar-refractivity contribution in [3.05, 3.63) is 40.6 Å². The van der Waals surface area contributed by atoms with Gasteiger partial charge in [-0.25, -0.2) is 14.3 Å². The fourth-order valence-corrected chi connectivity index (χ4v) is 4.73. The van der Waals surface area contributed by atoms with E-state index in [9.17, 15) is 18.8 Å². The molecule has 2 amide bonds. The standard InChI is InChI=1S/C21H27FN6O4S/c22-15-3-5-16(6-4-15)23-18(29)13-26-7-9-27(10-8-26)19(30)14-33-21-25-24-20(31)28(21)12-17-2-1-11-32-17/h3-6,17H,1-2,7-14H2,(H,23,29)(H,24,31). The van der Waals surface area contributed by atoms with E-state index in [1.54, 1.807) is 4.90 Å². The summed E-state index contributed by atoms with van der Waals surface area (Å²) >= 11 is 1.24. The molecule has 4 rings (SSSR count). The lowest BCUT2D eigenvalue weighted by atomic mass is 10.2. The van der Waals surface area contributed by atoms with E-state index in [2.05, 4.69) is 15.5 Å². The second kappa shape index (κ2) is 10.9. The van der Waals surface area contributed by atoms with Crippen molar-refractivity contribution < 1.29 is 18.7 Å². The lowest BCUT2D eigenvalue weighted by molar-refractivity contribution is -0.130. The first-order valence-electron chi connectivity index (χ1n) is 10.9. The number of aromatic nitrogens is 3. The van der Waals surface area contributed by atoms with Crippen molar-refractivity contribution >= 4 is 29.3 Å².